The van der Waals surface area contributed by atoms with E-state index in [-0.39, 0.29) is 0 Å². The maximum Gasteiger partial charge on any atom is 0.126 e. The summed E-state index contributed by atoms with van der Waals surface area (Å²) < 4.78 is 0. The van der Waals surface area contributed by atoms with Gasteiger partial charge in [0, 0.05) is 31.1 Å². The van der Waals surface area contributed by atoms with Crippen LogP contribution in [-0.4, -0.2) is 16.0 Å². The summed E-state index contributed by atoms with van der Waals surface area (Å²) in [6.45, 7) is 2.07. The maximum atomic E-state index is 4.45. The molecule has 3 heteroatoms. The third kappa shape index (κ3) is 2.86. The number of aromatic nitrogens is 2. The predicted molar refractivity (Wildman–Crippen MR) is 72.7 cm³/mol. The first-order valence-electron chi connectivity index (χ1n) is 6.41. The lowest BCUT2D eigenvalue weighted by Gasteiger charge is -2.05. The first kappa shape index (κ1) is 11.2. The fourth-order valence-corrected chi connectivity index (χ4v) is 2.00. The van der Waals surface area contributed by atoms with Gasteiger partial charge in [-0.05, 0) is 42.5 Å². The molecule has 0 saturated heterocycles. The lowest BCUT2D eigenvalue weighted by atomic mass is 10.1. The summed E-state index contributed by atoms with van der Waals surface area (Å²) in [7, 11) is 0. The van der Waals surface area contributed by atoms with Crippen molar-refractivity contribution >= 4 is 5.82 Å². The van der Waals surface area contributed by atoms with Gasteiger partial charge in [-0.15, -0.1) is 0 Å². The number of rotatable bonds is 4. The Morgan fingerprint density at radius 3 is 2.72 bits per heavy atom. The molecule has 3 rings (SSSR count). The average molecular weight is 239 g/mol. The van der Waals surface area contributed by atoms with Crippen molar-refractivity contribution in [2.24, 2.45) is 0 Å². The second-order valence-corrected chi connectivity index (χ2v) is 5.02. The highest BCUT2D eigenvalue weighted by Gasteiger charge is 2.20. The van der Waals surface area contributed by atoms with Crippen LogP contribution < -0.4 is 5.32 Å². The molecule has 2 heterocycles. The molecule has 0 radical (unpaired) electrons. The minimum atomic E-state index is 0.657. The van der Waals surface area contributed by atoms with E-state index in [1.165, 1.54) is 29.5 Å². The van der Waals surface area contributed by atoms with Crippen molar-refractivity contribution in [3.8, 4) is 0 Å². The van der Waals surface area contributed by atoms with Crippen LogP contribution in [0.25, 0.3) is 0 Å². The maximum absolute atomic E-state index is 4.45. The topological polar surface area (TPSA) is 37.8 Å². The van der Waals surface area contributed by atoms with Gasteiger partial charge in [-0.1, -0.05) is 12.1 Å². The van der Waals surface area contributed by atoms with E-state index in [9.17, 15) is 0 Å². The molecule has 2 aromatic heterocycles. The van der Waals surface area contributed by atoms with Crippen LogP contribution in [0.3, 0.4) is 0 Å². The smallest absolute Gasteiger partial charge is 0.126 e. The van der Waals surface area contributed by atoms with Crippen LogP contribution >= 0.6 is 0 Å². The van der Waals surface area contributed by atoms with Gasteiger partial charge in [0.05, 0.1) is 0 Å². The molecule has 1 saturated carbocycles. The number of nitrogens with zero attached hydrogens (tertiary/aromatic N) is 2. The lowest BCUT2D eigenvalue weighted by Crippen LogP contribution is -2.03. The van der Waals surface area contributed by atoms with Crippen LogP contribution in [0.5, 0.6) is 0 Å². The van der Waals surface area contributed by atoms with E-state index in [2.05, 4.69) is 40.4 Å². The van der Waals surface area contributed by atoms with Crippen molar-refractivity contribution in [2.45, 2.75) is 32.2 Å². The molecular formula is C15H17N3. The predicted octanol–water partition coefficient (Wildman–Crippen LogP) is 2.95. The molecule has 0 aliphatic heterocycles. The van der Waals surface area contributed by atoms with Gasteiger partial charge in [-0.2, -0.15) is 0 Å². The second-order valence-electron chi connectivity index (χ2n) is 5.02. The Morgan fingerprint density at radius 1 is 1.17 bits per heavy atom. The SMILES string of the molecule is Cc1cncc(Cc2ccc(NC3CC3)nc2)c1. The number of pyridine rings is 2. The largest absolute Gasteiger partial charge is 0.367 e. The molecule has 0 atom stereocenters. The van der Waals surface area contributed by atoms with Crippen LogP contribution in [0, 0.1) is 6.92 Å². The Labute approximate surface area is 107 Å². The Bertz CT molecular complexity index is 530. The Kier molecular flexibility index (Phi) is 2.97. The number of hydrogen-bond acceptors (Lipinski definition) is 3. The molecular weight excluding hydrogens is 222 g/mol. The summed E-state index contributed by atoms with van der Waals surface area (Å²) in [6, 6.07) is 7.03. The molecule has 18 heavy (non-hydrogen) atoms. The van der Waals surface area contributed by atoms with E-state index in [4.69, 9.17) is 0 Å². The van der Waals surface area contributed by atoms with Crippen LogP contribution in [-0.2, 0) is 6.42 Å². The third-order valence-corrected chi connectivity index (χ3v) is 3.09. The van der Waals surface area contributed by atoms with E-state index >= 15 is 0 Å². The van der Waals surface area contributed by atoms with E-state index in [1.807, 2.05) is 18.6 Å². The fourth-order valence-electron chi connectivity index (χ4n) is 2.00. The molecule has 1 N–H and O–H groups in total. The normalized spacial score (nSPS) is 14.5. The first-order chi connectivity index (χ1) is 8.79. The van der Waals surface area contributed by atoms with Crippen LogP contribution in [0.4, 0.5) is 5.82 Å². The summed E-state index contributed by atoms with van der Waals surface area (Å²) in [4.78, 5) is 8.66. The summed E-state index contributed by atoms with van der Waals surface area (Å²) in [5, 5.41) is 3.39. The zero-order valence-corrected chi connectivity index (χ0v) is 10.6. The summed E-state index contributed by atoms with van der Waals surface area (Å²) >= 11 is 0. The van der Waals surface area contributed by atoms with Gasteiger partial charge in [0.25, 0.3) is 0 Å². The van der Waals surface area contributed by atoms with E-state index < -0.39 is 0 Å². The number of anilines is 1. The van der Waals surface area contributed by atoms with Crippen LogP contribution in [0.1, 0.15) is 29.5 Å². The van der Waals surface area contributed by atoms with Crippen molar-refractivity contribution in [1.29, 1.82) is 0 Å². The Hall–Kier alpha value is -1.90. The molecule has 1 fully saturated rings. The summed E-state index contributed by atoms with van der Waals surface area (Å²) in [5.41, 5.74) is 3.66. The highest BCUT2D eigenvalue weighted by atomic mass is 15.0. The van der Waals surface area contributed by atoms with Gasteiger partial charge >= 0.3 is 0 Å². The molecule has 1 aliphatic rings. The molecule has 0 bridgehead atoms. The van der Waals surface area contributed by atoms with Crippen molar-refractivity contribution < 1.29 is 0 Å². The van der Waals surface area contributed by atoms with Gasteiger partial charge < -0.3 is 5.32 Å². The lowest BCUT2D eigenvalue weighted by molar-refractivity contribution is 1.08. The van der Waals surface area contributed by atoms with E-state index in [1.54, 1.807) is 0 Å². The molecule has 2 aromatic rings. The van der Waals surface area contributed by atoms with Crippen molar-refractivity contribution in [1.82, 2.24) is 9.97 Å². The van der Waals surface area contributed by atoms with Crippen molar-refractivity contribution in [3.63, 3.8) is 0 Å². The standard InChI is InChI=1S/C15H17N3/c1-11-6-13(9-16-8-11)7-12-2-5-15(17-10-12)18-14-3-4-14/h2,5-6,8-10,14H,3-4,7H2,1H3,(H,17,18). The van der Waals surface area contributed by atoms with Gasteiger partial charge in [-0.3, -0.25) is 4.98 Å². The van der Waals surface area contributed by atoms with Gasteiger partial charge in [0.15, 0.2) is 0 Å². The number of hydrogen-bond donors (Lipinski definition) is 1. The Morgan fingerprint density at radius 2 is 2.06 bits per heavy atom. The van der Waals surface area contributed by atoms with Crippen molar-refractivity contribution in [3.05, 3.63) is 53.5 Å². The number of aryl methyl sites for hydroxylation is 1. The monoisotopic (exact) mass is 239 g/mol. The fraction of sp³-hybridized carbons (Fsp3) is 0.333. The highest BCUT2D eigenvalue weighted by Crippen LogP contribution is 2.23. The highest BCUT2D eigenvalue weighted by molar-refractivity contribution is 5.39. The van der Waals surface area contributed by atoms with Crippen molar-refractivity contribution in [2.75, 3.05) is 5.32 Å². The molecule has 0 spiro atoms. The first-order valence-corrected chi connectivity index (χ1v) is 6.41. The summed E-state index contributed by atoms with van der Waals surface area (Å²) in [5.74, 6) is 0.989. The van der Waals surface area contributed by atoms with E-state index in [0.29, 0.717) is 6.04 Å². The third-order valence-electron chi connectivity index (χ3n) is 3.09. The molecule has 92 valence electrons. The minimum absolute atomic E-state index is 0.657. The molecule has 3 nitrogen and oxygen atoms in total. The average Bonchev–Trinajstić information content (AvgIpc) is 3.16. The molecule has 0 aromatic carbocycles. The molecule has 0 unspecified atom stereocenters. The van der Waals surface area contributed by atoms with Gasteiger partial charge in [0.2, 0.25) is 0 Å². The Balaban J connectivity index is 1.68. The summed E-state index contributed by atoms with van der Waals surface area (Å²) in [6.07, 6.45) is 9.20. The minimum Gasteiger partial charge on any atom is -0.367 e. The van der Waals surface area contributed by atoms with Crippen LogP contribution in [0.2, 0.25) is 0 Å². The van der Waals surface area contributed by atoms with E-state index in [0.717, 1.165) is 12.2 Å². The molecule has 1 aliphatic carbocycles. The zero-order chi connectivity index (χ0) is 12.4. The van der Waals surface area contributed by atoms with Crippen LogP contribution in [0.15, 0.2) is 36.8 Å². The number of nitrogens with one attached hydrogen (secondary N) is 1. The second kappa shape index (κ2) is 4.77. The quantitative estimate of drug-likeness (QED) is 0.891. The van der Waals surface area contributed by atoms with Gasteiger partial charge in [0.1, 0.15) is 5.82 Å². The zero-order valence-electron chi connectivity index (χ0n) is 10.6. The molecule has 0 amide bonds. The van der Waals surface area contributed by atoms with Gasteiger partial charge in [-0.25, -0.2) is 4.98 Å².